The van der Waals surface area contributed by atoms with Gasteiger partial charge < -0.3 is 5.32 Å². The second kappa shape index (κ2) is 9.84. The number of hydrogen-bond donors (Lipinski definition) is 1. The lowest BCUT2D eigenvalue weighted by molar-refractivity contribution is 0.0941. The SMILES string of the molecule is Cc1cc(C)cc(-n2nc(C(=O)NCc3ccc(F)cc3)c(=O)n(Cc3ccc(F)cc3)c2=O)c1. The third kappa shape index (κ3) is 5.40. The highest BCUT2D eigenvalue weighted by Gasteiger charge is 2.21. The summed E-state index contributed by atoms with van der Waals surface area (Å²) in [5, 5.41) is 6.70. The van der Waals surface area contributed by atoms with Crippen LogP contribution in [0.5, 0.6) is 0 Å². The van der Waals surface area contributed by atoms with Gasteiger partial charge in [0.2, 0.25) is 5.69 Å². The molecule has 1 N–H and O–H groups in total. The maximum Gasteiger partial charge on any atom is 0.352 e. The summed E-state index contributed by atoms with van der Waals surface area (Å²) in [6, 6.07) is 16.2. The van der Waals surface area contributed by atoms with Crippen molar-refractivity contribution in [3.8, 4) is 5.69 Å². The number of aryl methyl sites for hydroxylation is 2. The Morgan fingerprint density at radius 1 is 0.857 bits per heavy atom. The largest absolute Gasteiger partial charge is 0.352 e. The molecule has 9 heteroatoms. The normalized spacial score (nSPS) is 10.9. The minimum Gasteiger partial charge on any atom is -0.346 e. The van der Waals surface area contributed by atoms with Crippen molar-refractivity contribution in [3.05, 3.63) is 127 Å². The third-order valence-corrected chi connectivity index (χ3v) is 5.35. The molecule has 1 aromatic heterocycles. The molecule has 35 heavy (non-hydrogen) atoms. The highest BCUT2D eigenvalue weighted by Crippen LogP contribution is 2.11. The molecular weight excluding hydrogens is 454 g/mol. The molecule has 0 saturated carbocycles. The quantitative estimate of drug-likeness (QED) is 0.463. The summed E-state index contributed by atoms with van der Waals surface area (Å²) in [6.07, 6.45) is 0. The molecule has 0 saturated heterocycles. The molecule has 178 valence electrons. The fraction of sp³-hybridized carbons (Fsp3) is 0.154. The minimum atomic E-state index is -0.878. The first-order valence-electron chi connectivity index (χ1n) is 10.8. The number of halogens is 2. The van der Waals surface area contributed by atoms with E-state index in [-0.39, 0.29) is 13.1 Å². The summed E-state index contributed by atoms with van der Waals surface area (Å²) in [5.41, 5.74) is 1.16. The van der Waals surface area contributed by atoms with Crippen molar-refractivity contribution < 1.29 is 13.6 Å². The van der Waals surface area contributed by atoms with Crippen LogP contribution in [0.3, 0.4) is 0 Å². The van der Waals surface area contributed by atoms with Gasteiger partial charge in [-0.25, -0.2) is 13.6 Å². The molecule has 4 rings (SSSR count). The number of nitrogens with zero attached hydrogens (tertiary/aromatic N) is 3. The Hall–Kier alpha value is -4.40. The number of rotatable bonds is 6. The van der Waals surface area contributed by atoms with E-state index in [9.17, 15) is 23.2 Å². The molecule has 4 aromatic rings. The Morgan fingerprint density at radius 3 is 1.97 bits per heavy atom. The molecule has 3 aromatic carbocycles. The van der Waals surface area contributed by atoms with E-state index in [1.807, 2.05) is 19.9 Å². The fourth-order valence-electron chi connectivity index (χ4n) is 3.68. The molecule has 0 atom stereocenters. The van der Waals surface area contributed by atoms with E-state index in [1.165, 1.54) is 48.5 Å². The van der Waals surface area contributed by atoms with Crippen LogP contribution in [0.4, 0.5) is 8.78 Å². The maximum atomic E-state index is 13.3. The zero-order valence-corrected chi connectivity index (χ0v) is 19.1. The van der Waals surface area contributed by atoms with Crippen molar-refractivity contribution in [2.75, 3.05) is 0 Å². The number of aromatic nitrogens is 3. The lowest BCUT2D eigenvalue weighted by Gasteiger charge is -2.13. The molecule has 1 amide bonds. The van der Waals surface area contributed by atoms with Gasteiger partial charge in [0, 0.05) is 6.54 Å². The van der Waals surface area contributed by atoms with E-state index >= 15 is 0 Å². The molecule has 0 aliphatic carbocycles. The summed E-state index contributed by atoms with van der Waals surface area (Å²) in [6.45, 7) is 3.56. The number of hydrogen-bond acceptors (Lipinski definition) is 4. The molecule has 0 aliphatic rings. The zero-order valence-electron chi connectivity index (χ0n) is 19.1. The molecule has 0 spiro atoms. The number of carbonyl (C=O) groups is 1. The van der Waals surface area contributed by atoms with Crippen molar-refractivity contribution >= 4 is 5.91 Å². The van der Waals surface area contributed by atoms with Crippen LogP contribution in [0.15, 0.2) is 76.3 Å². The summed E-state index contributed by atoms with van der Waals surface area (Å²) in [4.78, 5) is 39.4. The standard InChI is InChI=1S/C26H22F2N4O3/c1-16-11-17(2)13-22(12-16)32-26(35)31(15-19-5-9-21(28)10-6-19)25(34)23(30-32)24(33)29-14-18-3-7-20(27)8-4-18/h3-13H,14-15H2,1-2H3,(H,29,33). The van der Waals surface area contributed by atoms with Crippen LogP contribution in [0.2, 0.25) is 0 Å². The van der Waals surface area contributed by atoms with Crippen LogP contribution in [0.25, 0.3) is 5.69 Å². The van der Waals surface area contributed by atoms with Gasteiger partial charge in [-0.15, -0.1) is 0 Å². The highest BCUT2D eigenvalue weighted by molar-refractivity contribution is 5.91. The topological polar surface area (TPSA) is 86.0 Å². The highest BCUT2D eigenvalue weighted by atomic mass is 19.1. The van der Waals surface area contributed by atoms with E-state index < -0.39 is 34.5 Å². The van der Waals surface area contributed by atoms with Crippen molar-refractivity contribution in [3.63, 3.8) is 0 Å². The third-order valence-electron chi connectivity index (χ3n) is 5.35. The Labute approximate surface area is 199 Å². The maximum absolute atomic E-state index is 13.3. The lowest BCUT2D eigenvalue weighted by Crippen LogP contribution is -2.46. The Bertz CT molecular complexity index is 1490. The molecule has 0 fully saturated rings. The van der Waals surface area contributed by atoms with Crippen LogP contribution >= 0.6 is 0 Å². The molecule has 7 nitrogen and oxygen atoms in total. The smallest absolute Gasteiger partial charge is 0.346 e. The van der Waals surface area contributed by atoms with Gasteiger partial charge in [0.25, 0.3) is 11.5 Å². The summed E-state index contributed by atoms with van der Waals surface area (Å²) < 4.78 is 28.4. The van der Waals surface area contributed by atoms with E-state index in [4.69, 9.17) is 0 Å². The van der Waals surface area contributed by atoms with Crippen LogP contribution in [-0.2, 0) is 13.1 Å². The number of carbonyl (C=O) groups excluding carboxylic acids is 1. The fourth-order valence-corrected chi connectivity index (χ4v) is 3.68. The van der Waals surface area contributed by atoms with E-state index in [0.29, 0.717) is 16.8 Å². The second-order valence-corrected chi connectivity index (χ2v) is 8.22. The average molecular weight is 476 g/mol. The molecule has 1 heterocycles. The predicted molar refractivity (Wildman–Crippen MR) is 127 cm³/mol. The van der Waals surface area contributed by atoms with Crippen LogP contribution in [-0.4, -0.2) is 20.3 Å². The van der Waals surface area contributed by atoms with E-state index in [0.717, 1.165) is 20.4 Å². The number of benzene rings is 3. The first-order valence-corrected chi connectivity index (χ1v) is 10.8. The molecule has 0 radical (unpaired) electrons. The van der Waals surface area contributed by atoms with E-state index in [2.05, 4.69) is 10.4 Å². The van der Waals surface area contributed by atoms with Gasteiger partial charge in [0.1, 0.15) is 11.6 Å². The average Bonchev–Trinajstić information content (AvgIpc) is 2.82. The van der Waals surface area contributed by atoms with Gasteiger partial charge in [-0.05, 0) is 72.5 Å². The number of nitrogens with one attached hydrogen (secondary N) is 1. The van der Waals surface area contributed by atoms with Crippen molar-refractivity contribution in [1.82, 2.24) is 19.7 Å². The summed E-state index contributed by atoms with van der Waals surface area (Å²) >= 11 is 0. The van der Waals surface area contributed by atoms with Crippen LogP contribution in [0.1, 0.15) is 32.7 Å². The second-order valence-electron chi connectivity index (χ2n) is 8.22. The van der Waals surface area contributed by atoms with E-state index in [1.54, 1.807) is 12.1 Å². The summed E-state index contributed by atoms with van der Waals surface area (Å²) in [5.74, 6) is -1.65. The van der Waals surface area contributed by atoms with Gasteiger partial charge in [-0.3, -0.25) is 14.2 Å². The van der Waals surface area contributed by atoms with Gasteiger partial charge in [0.05, 0.1) is 12.2 Å². The van der Waals surface area contributed by atoms with Gasteiger partial charge in [-0.1, -0.05) is 30.3 Å². The number of amides is 1. The molecule has 0 aliphatic heterocycles. The Kier molecular flexibility index (Phi) is 6.68. The van der Waals surface area contributed by atoms with Gasteiger partial charge >= 0.3 is 5.69 Å². The molecular formula is C26H22F2N4O3. The molecule has 0 unspecified atom stereocenters. The predicted octanol–water partition coefficient (Wildman–Crippen LogP) is 3.27. The van der Waals surface area contributed by atoms with Gasteiger partial charge in [-0.2, -0.15) is 9.78 Å². The summed E-state index contributed by atoms with van der Waals surface area (Å²) in [7, 11) is 0. The first kappa shape index (κ1) is 23.7. The lowest BCUT2D eigenvalue weighted by atomic mass is 10.1. The first-order chi connectivity index (χ1) is 16.7. The van der Waals surface area contributed by atoms with Crippen LogP contribution < -0.4 is 16.6 Å². The van der Waals surface area contributed by atoms with Crippen molar-refractivity contribution in [2.45, 2.75) is 26.9 Å². The monoisotopic (exact) mass is 476 g/mol. The van der Waals surface area contributed by atoms with Gasteiger partial charge in [0.15, 0.2) is 0 Å². The van der Waals surface area contributed by atoms with Crippen molar-refractivity contribution in [1.29, 1.82) is 0 Å². The Balaban J connectivity index is 1.79. The Morgan fingerprint density at radius 2 is 1.40 bits per heavy atom. The van der Waals surface area contributed by atoms with Crippen LogP contribution in [0, 0.1) is 25.5 Å². The minimum absolute atomic E-state index is 0.0286. The zero-order chi connectivity index (χ0) is 25.1. The molecule has 0 bridgehead atoms. The van der Waals surface area contributed by atoms with Crippen molar-refractivity contribution in [2.24, 2.45) is 0 Å².